The van der Waals surface area contributed by atoms with Crippen molar-refractivity contribution in [3.8, 4) is 5.75 Å². The van der Waals surface area contributed by atoms with E-state index in [-0.39, 0.29) is 5.91 Å². The van der Waals surface area contributed by atoms with Crippen LogP contribution in [0.25, 0.3) is 6.08 Å². The number of amides is 1. The molecule has 1 aliphatic heterocycles. The van der Waals surface area contributed by atoms with Crippen molar-refractivity contribution in [2.45, 2.75) is 19.7 Å². The van der Waals surface area contributed by atoms with Gasteiger partial charge in [0.1, 0.15) is 12.4 Å². The zero-order valence-corrected chi connectivity index (χ0v) is 23.1. The first-order valence-electron chi connectivity index (χ1n) is 11.9. The second kappa shape index (κ2) is 12.3. The molecule has 0 radical (unpaired) electrons. The van der Waals surface area contributed by atoms with E-state index in [1.165, 1.54) is 15.3 Å². The zero-order valence-electron chi connectivity index (χ0n) is 20.1. The quantitative estimate of drug-likeness (QED) is 0.152. The number of amidine groups is 1. The van der Waals surface area contributed by atoms with Crippen LogP contribution in [0, 0.1) is 3.57 Å². The van der Waals surface area contributed by atoms with Crippen molar-refractivity contribution >= 4 is 51.5 Å². The summed E-state index contributed by atoms with van der Waals surface area (Å²) in [6.45, 7) is 1.53. The van der Waals surface area contributed by atoms with Gasteiger partial charge in [0.25, 0.3) is 5.91 Å². The molecule has 6 heteroatoms. The number of hydrogen-bond acceptors (Lipinski definition) is 4. The van der Waals surface area contributed by atoms with Crippen molar-refractivity contribution in [2.75, 3.05) is 0 Å². The highest BCUT2D eigenvalue weighted by Crippen LogP contribution is 2.34. The molecule has 0 aromatic heterocycles. The summed E-state index contributed by atoms with van der Waals surface area (Å²) >= 11 is 3.72. The van der Waals surface area contributed by atoms with Crippen LogP contribution >= 0.6 is 34.4 Å². The molecule has 4 aromatic carbocycles. The zero-order chi connectivity index (χ0) is 25.5. The summed E-state index contributed by atoms with van der Waals surface area (Å²) in [7, 11) is 0. The van der Waals surface area contributed by atoms with Gasteiger partial charge in [0.15, 0.2) is 5.17 Å². The van der Waals surface area contributed by atoms with Crippen LogP contribution in [0.15, 0.2) is 119 Å². The Balaban J connectivity index is 1.31. The highest BCUT2D eigenvalue weighted by Gasteiger charge is 2.33. The molecule has 5 rings (SSSR count). The lowest BCUT2D eigenvalue weighted by Gasteiger charge is -2.15. The number of benzene rings is 4. The molecule has 1 amide bonds. The van der Waals surface area contributed by atoms with Gasteiger partial charge < -0.3 is 4.74 Å². The standard InChI is InChI=1S/C31H25IN2O2S/c32-27-15-11-26(12-16-27)22-36-28-17-13-23(14-18-28)19-29-30(35)34(21-25-9-5-2-6-10-25)31(37-29)33-20-24-7-3-1-4-8-24/h1-19H,20-22H2/b29-19-,33-31?. The van der Waals surface area contributed by atoms with Crippen molar-refractivity contribution < 1.29 is 9.53 Å². The molecule has 0 N–H and O–H groups in total. The predicted octanol–water partition coefficient (Wildman–Crippen LogP) is 7.54. The molecule has 0 atom stereocenters. The Kier molecular flexibility index (Phi) is 8.38. The minimum absolute atomic E-state index is 0.0281. The fourth-order valence-electron chi connectivity index (χ4n) is 3.83. The van der Waals surface area contributed by atoms with E-state index in [4.69, 9.17) is 9.73 Å². The van der Waals surface area contributed by atoms with Crippen molar-refractivity contribution in [1.82, 2.24) is 4.90 Å². The second-order valence-electron chi connectivity index (χ2n) is 8.56. The van der Waals surface area contributed by atoms with Crippen LogP contribution < -0.4 is 4.74 Å². The van der Waals surface area contributed by atoms with Gasteiger partial charge in [-0.15, -0.1) is 0 Å². The van der Waals surface area contributed by atoms with E-state index >= 15 is 0 Å². The van der Waals surface area contributed by atoms with Crippen molar-refractivity contribution in [3.63, 3.8) is 0 Å². The van der Waals surface area contributed by atoms with Gasteiger partial charge in [-0.2, -0.15) is 0 Å². The smallest absolute Gasteiger partial charge is 0.267 e. The normalized spacial score (nSPS) is 15.5. The third-order valence-corrected chi connectivity index (χ3v) is 7.57. The minimum atomic E-state index is -0.0281. The van der Waals surface area contributed by atoms with Crippen LogP contribution in [0.4, 0.5) is 0 Å². The number of hydrogen-bond donors (Lipinski definition) is 0. The van der Waals surface area contributed by atoms with Crippen LogP contribution in [0.2, 0.25) is 0 Å². The maximum atomic E-state index is 13.4. The molecular weight excluding hydrogens is 591 g/mol. The van der Waals surface area contributed by atoms with E-state index in [9.17, 15) is 4.79 Å². The number of rotatable bonds is 8. The van der Waals surface area contributed by atoms with Gasteiger partial charge in [-0.25, -0.2) is 0 Å². The van der Waals surface area contributed by atoms with Crippen LogP contribution in [0.1, 0.15) is 22.3 Å². The lowest BCUT2D eigenvalue weighted by atomic mass is 10.2. The van der Waals surface area contributed by atoms with Crippen molar-refractivity contribution in [1.29, 1.82) is 0 Å². The molecule has 4 nitrogen and oxygen atoms in total. The molecule has 0 bridgehead atoms. The number of carbonyl (C=O) groups is 1. The molecule has 4 aromatic rings. The highest BCUT2D eigenvalue weighted by atomic mass is 127. The Labute approximate surface area is 235 Å². The summed E-state index contributed by atoms with van der Waals surface area (Å²) in [6, 6.07) is 36.2. The van der Waals surface area contributed by atoms with Gasteiger partial charge in [0.05, 0.1) is 18.0 Å². The third-order valence-electron chi connectivity index (χ3n) is 5.81. The molecule has 0 aliphatic carbocycles. The Morgan fingerprint density at radius 1 is 0.784 bits per heavy atom. The first kappa shape index (κ1) is 25.3. The van der Waals surface area contributed by atoms with Gasteiger partial charge >= 0.3 is 0 Å². The Morgan fingerprint density at radius 3 is 2.11 bits per heavy atom. The van der Waals surface area contributed by atoms with Crippen molar-refractivity contribution in [3.05, 3.63) is 140 Å². The fraction of sp³-hybridized carbons (Fsp3) is 0.0968. The average Bonchev–Trinajstić information content (AvgIpc) is 3.22. The first-order valence-corrected chi connectivity index (χ1v) is 13.8. The fourth-order valence-corrected chi connectivity index (χ4v) is 5.17. The second-order valence-corrected chi connectivity index (χ2v) is 10.8. The summed E-state index contributed by atoms with van der Waals surface area (Å²) in [5, 5.41) is 0.724. The van der Waals surface area contributed by atoms with Gasteiger partial charge in [0, 0.05) is 3.57 Å². The molecule has 184 valence electrons. The number of ether oxygens (including phenoxy) is 1. The van der Waals surface area contributed by atoms with Crippen LogP contribution in [-0.4, -0.2) is 16.0 Å². The Hall–Kier alpha value is -3.36. The topological polar surface area (TPSA) is 41.9 Å². The highest BCUT2D eigenvalue weighted by molar-refractivity contribution is 14.1. The lowest BCUT2D eigenvalue weighted by Crippen LogP contribution is -2.28. The number of carbonyl (C=O) groups excluding carboxylic acids is 1. The van der Waals surface area contributed by atoms with Gasteiger partial charge in [0.2, 0.25) is 0 Å². The van der Waals surface area contributed by atoms with Gasteiger partial charge in [-0.1, -0.05) is 84.9 Å². The molecular formula is C31H25IN2O2S. The van der Waals surface area contributed by atoms with Crippen LogP contribution in [0.3, 0.4) is 0 Å². The van der Waals surface area contributed by atoms with E-state index in [1.54, 1.807) is 4.90 Å². The molecule has 1 saturated heterocycles. The molecule has 37 heavy (non-hydrogen) atoms. The van der Waals surface area contributed by atoms with E-state index in [0.29, 0.717) is 24.6 Å². The molecule has 1 heterocycles. The third kappa shape index (κ3) is 6.90. The lowest BCUT2D eigenvalue weighted by molar-refractivity contribution is -0.122. The Morgan fingerprint density at radius 2 is 1.43 bits per heavy atom. The molecule has 0 unspecified atom stereocenters. The monoisotopic (exact) mass is 616 g/mol. The maximum absolute atomic E-state index is 13.4. The molecule has 1 aliphatic rings. The Bertz CT molecular complexity index is 1400. The summed E-state index contributed by atoms with van der Waals surface area (Å²) in [6.07, 6.45) is 1.93. The van der Waals surface area contributed by atoms with E-state index < -0.39 is 0 Å². The van der Waals surface area contributed by atoms with Gasteiger partial charge in [-0.3, -0.25) is 14.7 Å². The van der Waals surface area contributed by atoms with E-state index in [1.807, 2.05) is 91.0 Å². The number of aliphatic imine (C=N–C) groups is 1. The van der Waals surface area contributed by atoms with Crippen molar-refractivity contribution in [2.24, 2.45) is 4.99 Å². The number of halogens is 1. The number of thioether (sulfide) groups is 1. The summed E-state index contributed by atoms with van der Waals surface area (Å²) in [5.74, 6) is 0.765. The summed E-state index contributed by atoms with van der Waals surface area (Å²) < 4.78 is 7.13. The SMILES string of the molecule is O=C1/C(=C/c2ccc(OCc3ccc(I)cc3)cc2)SC(=NCc2ccccc2)N1Cc1ccccc1. The predicted molar refractivity (Wildman–Crippen MR) is 160 cm³/mol. The van der Waals surface area contributed by atoms with E-state index in [0.717, 1.165) is 33.2 Å². The first-order chi connectivity index (χ1) is 18.1. The minimum Gasteiger partial charge on any atom is -0.489 e. The summed E-state index contributed by atoms with van der Waals surface area (Å²) in [4.78, 5) is 20.7. The number of nitrogens with zero attached hydrogens (tertiary/aromatic N) is 2. The molecule has 0 saturated carbocycles. The average molecular weight is 617 g/mol. The maximum Gasteiger partial charge on any atom is 0.267 e. The van der Waals surface area contributed by atoms with Crippen LogP contribution in [-0.2, 0) is 24.5 Å². The molecule has 0 spiro atoms. The molecule has 1 fully saturated rings. The largest absolute Gasteiger partial charge is 0.489 e. The van der Waals surface area contributed by atoms with Crippen LogP contribution in [0.5, 0.6) is 5.75 Å². The van der Waals surface area contributed by atoms with E-state index in [2.05, 4.69) is 46.9 Å². The van der Waals surface area contributed by atoms with Gasteiger partial charge in [-0.05, 0) is 86.9 Å². The summed E-state index contributed by atoms with van der Waals surface area (Å²) in [5.41, 5.74) is 4.25.